The molecule has 3 atom stereocenters. The number of halogens is 5. The number of rotatable bonds is 9. The van der Waals surface area contributed by atoms with E-state index in [1.165, 1.54) is 25.1 Å². The zero-order valence-electron chi connectivity index (χ0n) is 17.6. The molecule has 0 aliphatic carbocycles. The lowest BCUT2D eigenvalue weighted by Crippen LogP contribution is -2.53. The molecule has 0 saturated heterocycles. The highest BCUT2D eigenvalue weighted by molar-refractivity contribution is 6.30. The third-order valence-corrected chi connectivity index (χ3v) is 5.59. The molecule has 176 valence electrons. The maximum absolute atomic E-state index is 13.5. The van der Waals surface area contributed by atoms with Crippen LogP contribution in [0.2, 0.25) is 5.02 Å². The molecule has 32 heavy (non-hydrogen) atoms. The molecule has 0 aliphatic rings. The van der Waals surface area contributed by atoms with Gasteiger partial charge in [0.2, 0.25) is 0 Å². The molecule has 2 aromatic rings. The predicted octanol–water partition coefficient (Wildman–Crippen LogP) is 4.60. The minimum Gasteiger partial charge on any atom is -0.390 e. The van der Waals surface area contributed by atoms with E-state index in [0.29, 0.717) is 17.5 Å². The summed E-state index contributed by atoms with van der Waals surface area (Å²) in [5.41, 5.74) is -2.25. The number of carbonyl (C=O) groups is 1. The molecule has 10 heteroatoms. The van der Waals surface area contributed by atoms with Crippen molar-refractivity contribution >= 4 is 17.5 Å². The highest BCUT2D eigenvalue weighted by Gasteiger charge is 2.41. The first kappa shape index (κ1) is 26.0. The van der Waals surface area contributed by atoms with Crippen LogP contribution in [0.3, 0.4) is 0 Å². The molecular weight excluding hydrogens is 452 g/mol. The van der Waals surface area contributed by atoms with Crippen LogP contribution in [-0.4, -0.2) is 32.8 Å². The van der Waals surface area contributed by atoms with Crippen molar-refractivity contribution in [1.82, 2.24) is 10.3 Å². The zero-order valence-corrected chi connectivity index (χ0v) is 18.3. The van der Waals surface area contributed by atoms with E-state index in [4.69, 9.17) is 11.6 Å². The van der Waals surface area contributed by atoms with Gasteiger partial charge in [0, 0.05) is 17.8 Å². The molecule has 0 saturated carbocycles. The number of aromatic nitrogens is 1. The number of hydrogen-bond donors (Lipinski definition) is 3. The number of carbonyl (C=O) groups excluding carboxylic acids is 1. The molecule has 1 aromatic carbocycles. The van der Waals surface area contributed by atoms with Crippen LogP contribution in [0, 0.1) is 5.82 Å². The smallest absolute Gasteiger partial charge is 0.390 e. The molecular formula is C22H25ClF4N2O3. The fourth-order valence-electron chi connectivity index (χ4n) is 3.38. The van der Waals surface area contributed by atoms with Gasteiger partial charge >= 0.3 is 6.18 Å². The van der Waals surface area contributed by atoms with Crippen LogP contribution in [-0.2, 0) is 17.5 Å². The van der Waals surface area contributed by atoms with Gasteiger partial charge in [-0.05, 0) is 67.5 Å². The van der Waals surface area contributed by atoms with Gasteiger partial charge in [-0.2, -0.15) is 13.2 Å². The number of nitrogens with one attached hydrogen (secondary N) is 1. The summed E-state index contributed by atoms with van der Waals surface area (Å²) in [5, 5.41) is 23.6. The topological polar surface area (TPSA) is 82.5 Å². The van der Waals surface area contributed by atoms with Crippen LogP contribution in [0.1, 0.15) is 55.8 Å². The summed E-state index contributed by atoms with van der Waals surface area (Å²) in [7, 11) is 0. The fourth-order valence-corrected chi connectivity index (χ4v) is 3.62. The maximum atomic E-state index is 13.5. The Balaban J connectivity index is 2.08. The van der Waals surface area contributed by atoms with Crippen LogP contribution < -0.4 is 5.32 Å². The number of alkyl halides is 3. The van der Waals surface area contributed by atoms with Crippen molar-refractivity contribution < 1.29 is 32.6 Å². The summed E-state index contributed by atoms with van der Waals surface area (Å²) in [5.74, 6) is -1.72. The molecule has 3 N–H and O–H groups in total. The summed E-state index contributed by atoms with van der Waals surface area (Å²) >= 11 is 5.79. The van der Waals surface area contributed by atoms with Crippen LogP contribution in [0.15, 0.2) is 36.5 Å². The second-order valence-electron chi connectivity index (χ2n) is 7.68. The van der Waals surface area contributed by atoms with Crippen LogP contribution in [0.25, 0.3) is 0 Å². The number of hydrogen-bond acceptors (Lipinski definition) is 4. The van der Waals surface area contributed by atoms with E-state index in [-0.39, 0.29) is 30.3 Å². The molecule has 1 amide bonds. The van der Waals surface area contributed by atoms with Crippen molar-refractivity contribution in [3.05, 3.63) is 64.2 Å². The van der Waals surface area contributed by atoms with Crippen LogP contribution >= 0.6 is 11.6 Å². The Morgan fingerprint density at radius 2 is 1.94 bits per heavy atom. The number of amides is 1. The van der Waals surface area contributed by atoms with Gasteiger partial charge in [0.25, 0.3) is 5.91 Å². The Morgan fingerprint density at radius 1 is 1.25 bits per heavy atom. The number of aliphatic hydroxyl groups excluding tert-OH is 1. The van der Waals surface area contributed by atoms with E-state index in [0.717, 1.165) is 18.3 Å². The standard InChI is InChI=1S/C22H25ClF4N2O3/c1-3-15(16-4-5-19(28-12-16)22(25,26)27)6-7-21(32,13(2)30)20(31)29-11-14-8-17(23)10-18(24)9-14/h4-5,8-10,12-13,15,30,32H,3,6-7,11H2,1-2H3,(H,29,31). The highest BCUT2D eigenvalue weighted by Crippen LogP contribution is 2.32. The Bertz CT molecular complexity index is 902. The molecule has 3 unspecified atom stereocenters. The van der Waals surface area contributed by atoms with Crippen molar-refractivity contribution in [2.75, 3.05) is 0 Å². The average Bonchev–Trinajstić information content (AvgIpc) is 2.71. The first-order chi connectivity index (χ1) is 14.9. The van der Waals surface area contributed by atoms with Crippen molar-refractivity contribution in [2.45, 2.75) is 63.5 Å². The minimum atomic E-state index is -4.54. The summed E-state index contributed by atoms with van der Waals surface area (Å²) in [4.78, 5) is 16.1. The molecule has 1 heterocycles. The molecule has 0 fully saturated rings. The number of aliphatic hydroxyl groups is 2. The lowest BCUT2D eigenvalue weighted by molar-refractivity contribution is -0.153. The quantitative estimate of drug-likeness (QED) is 0.462. The van der Waals surface area contributed by atoms with Crippen molar-refractivity contribution in [3.63, 3.8) is 0 Å². The second-order valence-corrected chi connectivity index (χ2v) is 8.12. The van der Waals surface area contributed by atoms with Gasteiger partial charge in [0.05, 0.1) is 6.10 Å². The fraction of sp³-hybridized carbons (Fsp3) is 0.455. The van der Waals surface area contributed by atoms with Gasteiger partial charge in [0.1, 0.15) is 11.5 Å². The Morgan fingerprint density at radius 3 is 2.44 bits per heavy atom. The van der Waals surface area contributed by atoms with Crippen LogP contribution in [0.4, 0.5) is 17.6 Å². The third kappa shape index (κ3) is 6.63. The van der Waals surface area contributed by atoms with E-state index in [9.17, 15) is 32.6 Å². The van der Waals surface area contributed by atoms with E-state index < -0.39 is 35.3 Å². The largest absolute Gasteiger partial charge is 0.433 e. The molecule has 5 nitrogen and oxygen atoms in total. The molecule has 0 radical (unpaired) electrons. The Kier molecular flexibility index (Phi) is 8.61. The van der Waals surface area contributed by atoms with E-state index in [1.54, 1.807) is 0 Å². The van der Waals surface area contributed by atoms with Gasteiger partial charge < -0.3 is 15.5 Å². The van der Waals surface area contributed by atoms with Gasteiger partial charge in [-0.25, -0.2) is 4.39 Å². The Hall–Kier alpha value is -2.23. The molecule has 1 aromatic heterocycles. The van der Waals surface area contributed by atoms with Gasteiger partial charge in [-0.15, -0.1) is 0 Å². The lowest BCUT2D eigenvalue weighted by Gasteiger charge is -2.31. The summed E-state index contributed by atoms with van der Waals surface area (Å²) in [6.07, 6.45) is -4.26. The first-order valence-corrected chi connectivity index (χ1v) is 10.4. The van der Waals surface area contributed by atoms with E-state index in [2.05, 4.69) is 10.3 Å². The van der Waals surface area contributed by atoms with Gasteiger partial charge in [-0.1, -0.05) is 24.6 Å². The maximum Gasteiger partial charge on any atom is 0.433 e. The first-order valence-electron chi connectivity index (χ1n) is 10.0. The molecule has 0 aliphatic heterocycles. The molecule has 0 spiro atoms. The number of pyridine rings is 1. The minimum absolute atomic E-state index is 0.120. The normalized spacial score (nSPS) is 15.7. The monoisotopic (exact) mass is 476 g/mol. The van der Waals surface area contributed by atoms with Gasteiger partial charge in [-0.3, -0.25) is 9.78 Å². The Labute approximate surface area is 188 Å². The lowest BCUT2D eigenvalue weighted by atomic mass is 9.84. The second kappa shape index (κ2) is 10.6. The number of benzene rings is 1. The van der Waals surface area contributed by atoms with E-state index in [1.807, 2.05) is 6.92 Å². The van der Waals surface area contributed by atoms with Gasteiger partial charge in [0.15, 0.2) is 5.60 Å². The van der Waals surface area contributed by atoms with E-state index >= 15 is 0 Å². The zero-order chi connectivity index (χ0) is 24.1. The van der Waals surface area contributed by atoms with Crippen LogP contribution in [0.5, 0.6) is 0 Å². The molecule has 0 bridgehead atoms. The summed E-state index contributed by atoms with van der Waals surface area (Å²) in [6, 6.07) is 5.95. The highest BCUT2D eigenvalue weighted by atomic mass is 35.5. The summed E-state index contributed by atoms with van der Waals surface area (Å²) < 4.78 is 51.6. The SMILES string of the molecule is CCC(CCC(O)(C(=O)NCc1cc(F)cc(Cl)c1)C(C)O)c1ccc(C(F)(F)F)nc1. The van der Waals surface area contributed by atoms with Crippen molar-refractivity contribution in [2.24, 2.45) is 0 Å². The third-order valence-electron chi connectivity index (χ3n) is 5.37. The average molecular weight is 477 g/mol. The molecule has 2 rings (SSSR count). The summed E-state index contributed by atoms with van der Waals surface area (Å²) in [6.45, 7) is 2.96. The predicted molar refractivity (Wildman–Crippen MR) is 111 cm³/mol. The van der Waals surface area contributed by atoms with Crippen molar-refractivity contribution in [1.29, 1.82) is 0 Å². The number of nitrogens with zero attached hydrogens (tertiary/aromatic N) is 1. The van der Waals surface area contributed by atoms with Crippen molar-refractivity contribution in [3.8, 4) is 0 Å².